The number of ether oxygens (including phenoxy) is 1. The number of para-hydroxylation sites is 2. The fourth-order valence-corrected chi connectivity index (χ4v) is 14.9. The highest BCUT2D eigenvalue weighted by molar-refractivity contribution is 6.01. The molecular weight excluding hydrogens is 1760 g/mol. The zero-order chi connectivity index (χ0) is 99.2. The predicted molar refractivity (Wildman–Crippen MR) is 503 cm³/mol. The molecule has 0 radical (unpaired) electrons. The van der Waals surface area contributed by atoms with E-state index in [1.165, 1.54) is 31.2 Å². The molecule has 0 bridgehead atoms. The molecular formula is C91H130N26O19. The number of nitrogens with one attached hydrogen (secondary N) is 20. The molecule has 2 aromatic heterocycles. The minimum atomic E-state index is -1.86. The number of unbranched alkanes of at least 4 members (excludes halogenated alkanes) is 2. The first-order valence-corrected chi connectivity index (χ1v) is 45.2. The van der Waals surface area contributed by atoms with Crippen LogP contribution in [0.2, 0.25) is 0 Å². The van der Waals surface area contributed by atoms with Gasteiger partial charge in [-0.15, -0.1) is 0 Å². The maximum absolute atomic E-state index is 15.7. The molecule has 0 fully saturated rings. The number of aromatic amines is 2. The number of aliphatic hydroxyl groups excluding tert-OH is 1. The van der Waals surface area contributed by atoms with E-state index in [1.54, 1.807) is 103 Å². The molecule has 0 saturated carbocycles. The number of carbonyl (C=O) groups excluding carboxylic acids is 16. The Kier molecular flexibility index (Phi) is 45.5. The van der Waals surface area contributed by atoms with Gasteiger partial charge in [0.2, 0.25) is 94.5 Å². The molecule has 45 heteroatoms. The molecule has 4 aromatic carbocycles. The number of guanidine groups is 2. The molecule has 136 heavy (non-hydrogen) atoms. The van der Waals surface area contributed by atoms with Crippen LogP contribution in [-0.2, 0) is 107 Å². The fraction of sp³-hybridized carbons (Fsp3) is 0.473. The molecule has 1 aliphatic rings. The molecule has 45 nitrogen and oxygen atoms in total. The number of rotatable bonds is 49. The zero-order valence-corrected chi connectivity index (χ0v) is 76.2. The lowest BCUT2D eigenvalue weighted by molar-refractivity contribution is -0.137. The summed E-state index contributed by atoms with van der Waals surface area (Å²) in [6, 6.07) is 9.46. The molecule has 13 atom stereocenters. The zero-order valence-electron chi connectivity index (χ0n) is 76.2. The summed E-state index contributed by atoms with van der Waals surface area (Å²) in [5, 5.41) is 80.8. The van der Waals surface area contributed by atoms with E-state index in [2.05, 4.69) is 95.0 Å². The lowest BCUT2D eigenvalue weighted by atomic mass is 10.00. The van der Waals surface area contributed by atoms with Crippen LogP contribution in [0.25, 0.3) is 21.8 Å². The Morgan fingerprint density at radius 3 is 1.57 bits per heavy atom. The van der Waals surface area contributed by atoms with E-state index < -0.39 is 217 Å². The number of H-pyrrole nitrogens is 2. The summed E-state index contributed by atoms with van der Waals surface area (Å²) in [7, 11) is 0. The van der Waals surface area contributed by atoms with Gasteiger partial charge in [-0.25, -0.2) is 0 Å². The van der Waals surface area contributed by atoms with Crippen molar-refractivity contribution < 1.29 is 91.7 Å². The number of amides is 16. The van der Waals surface area contributed by atoms with Gasteiger partial charge in [0.1, 0.15) is 84.9 Å². The number of allylic oxidation sites excluding steroid dienone is 2. The topological polar surface area (TPSA) is 751 Å². The average Bonchev–Trinajstić information content (AvgIpc) is 1.56. The third kappa shape index (κ3) is 37.8. The van der Waals surface area contributed by atoms with Gasteiger partial charge >= 0.3 is 0 Å². The van der Waals surface area contributed by atoms with Gasteiger partial charge in [-0.2, -0.15) is 0 Å². The summed E-state index contributed by atoms with van der Waals surface area (Å²) in [5.74, 6) is -15.4. The van der Waals surface area contributed by atoms with Crippen molar-refractivity contribution in [3.8, 4) is 5.75 Å². The Morgan fingerprint density at radius 2 is 0.985 bits per heavy atom. The Hall–Kier alpha value is -14.6. The van der Waals surface area contributed by atoms with E-state index in [4.69, 9.17) is 50.0 Å². The van der Waals surface area contributed by atoms with Crippen LogP contribution in [0.4, 0.5) is 0 Å². The smallest absolute Gasteiger partial charge is 0.246 e. The Morgan fingerprint density at radius 1 is 0.485 bits per heavy atom. The summed E-state index contributed by atoms with van der Waals surface area (Å²) in [4.78, 5) is 234. The van der Waals surface area contributed by atoms with Gasteiger partial charge in [-0.05, 0) is 163 Å². The number of hydrogen-bond acceptors (Lipinski definition) is 23. The number of phenols is 1. The van der Waals surface area contributed by atoms with Crippen molar-refractivity contribution in [2.45, 2.75) is 221 Å². The number of aromatic nitrogens is 2. The highest BCUT2D eigenvalue weighted by atomic mass is 16.5. The van der Waals surface area contributed by atoms with Gasteiger partial charge in [0.05, 0.1) is 19.3 Å². The van der Waals surface area contributed by atoms with Crippen LogP contribution in [0.3, 0.4) is 0 Å². The molecule has 738 valence electrons. The normalized spacial score (nSPS) is 18.1. The van der Waals surface area contributed by atoms with Crippen molar-refractivity contribution in [1.82, 2.24) is 95.0 Å². The van der Waals surface area contributed by atoms with Crippen LogP contribution in [-0.4, -0.2) is 258 Å². The van der Waals surface area contributed by atoms with Gasteiger partial charge in [0.25, 0.3) is 0 Å². The monoisotopic (exact) mass is 1890 g/mol. The second kappa shape index (κ2) is 57.1. The van der Waals surface area contributed by atoms with E-state index in [-0.39, 0.29) is 128 Å². The van der Waals surface area contributed by atoms with Gasteiger partial charge < -0.3 is 144 Å². The van der Waals surface area contributed by atoms with Gasteiger partial charge in [-0.1, -0.05) is 91.0 Å². The Bertz CT molecular complexity index is 5090. The summed E-state index contributed by atoms with van der Waals surface area (Å²) >= 11 is 0. The van der Waals surface area contributed by atoms with Crippen molar-refractivity contribution in [2.24, 2.45) is 34.4 Å². The van der Waals surface area contributed by atoms with Gasteiger partial charge in [0.15, 0.2) is 11.9 Å². The maximum atomic E-state index is 15.7. The first kappa shape index (κ1) is 108. The van der Waals surface area contributed by atoms with E-state index in [9.17, 15) is 58.2 Å². The first-order valence-electron chi connectivity index (χ1n) is 45.2. The van der Waals surface area contributed by atoms with Crippen molar-refractivity contribution in [3.63, 3.8) is 0 Å². The molecule has 16 amide bonds. The standard InChI is InChI=1S/C91H130N26O19/c1-52(118)77-89(135)116-73(47-57-49-104-62-25-13-11-23-60(57)62)88(134)112-69(36-37-74(94)121)84(130)109-65(28-9-4-3-8-27-64(106-53(2)119)80(126)110-68(85(131)117-77)31-19-41-102-91(98)99)83(129)114-71(45-55-32-34-58(120)35-33-55)86(132)115-72(46-56-48-103-61-24-12-10-22-59(56)61)87(133)111-67(30-18-40-101-90(96)97)81(127)108-66(29-15-17-39-93)82(128)113-70(44-54-20-6-5-7-21-54)79(125)105-50-75(122)100-42-43-136-51-76(123)107-63(78(95)124)26-14-16-38-92/h3-7,10-13,20-25,32-35,48-49,52,63-73,77,103-104,118,120H,8-9,14-19,26-31,36-47,50-51,92-93H2,1-2H3,(H2,94,121)(H2,95,124)(H,100,122)(H,105,125)(H,106,119)(H,107,123)(H,108,127)(H,109,130)(H,110,126)(H,111,133)(H,112,134)(H,113,128)(H,114,129)(H,115,132)(H,116,135)(H,117,131)(H4,96,97,101)(H4,98,99,102)/b4-3-/t52-,63-,64?,65?,66+,67+,68+,69+,70+,71+,72+,73+,77+/m1/s1. The van der Waals surface area contributed by atoms with Crippen LogP contribution in [0.1, 0.15) is 139 Å². The van der Waals surface area contributed by atoms with Crippen LogP contribution in [0.15, 0.2) is 128 Å². The van der Waals surface area contributed by atoms with Crippen molar-refractivity contribution >= 4 is 128 Å². The van der Waals surface area contributed by atoms with Gasteiger partial charge in [0, 0.05) is 92.9 Å². The molecule has 6 aromatic rings. The van der Waals surface area contributed by atoms with E-state index in [0.717, 1.165) is 6.92 Å². The van der Waals surface area contributed by atoms with Gasteiger partial charge in [-0.3, -0.25) is 87.5 Å². The SMILES string of the molecule is CC(=O)NC1CC/C=C\CCC(C(=O)N[C@@H](Cc2ccc(O)cc2)C(=O)N[C@@H](Cc2c[nH]c3ccccc23)C(=O)N[C@@H](CCCNC(=N)N)C(=O)N[C@@H](CCCCN)C(=O)N[C@@H](Cc2ccccc2)C(=O)NCC(=O)NCCOCC(=O)N[C@H](CCCCN)C(N)=O)NC(=O)[C@H](CCC(N)=O)NC(=O)[C@H](Cc2c[nH]c3ccccc23)NC(=O)[C@H]([C@@H](C)O)NC(=O)[C@H](CCCNC(=N)N)NC1=O. The number of benzene rings is 4. The highest BCUT2D eigenvalue weighted by Gasteiger charge is 2.39. The quantitative estimate of drug-likeness (QED) is 0.00744. The summed E-state index contributed by atoms with van der Waals surface area (Å²) < 4.78 is 5.38. The Balaban J connectivity index is 1.22. The molecule has 1 aliphatic heterocycles. The lowest BCUT2D eigenvalue weighted by Gasteiger charge is -2.29. The van der Waals surface area contributed by atoms with Crippen molar-refractivity contribution in [1.29, 1.82) is 10.8 Å². The number of hydrogen-bond donors (Lipinski definition) is 28. The van der Waals surface area contributed by atoms with Crippen LogP contribution >= 0.6 is 0 Å². The molecule has 2 unspecified atom stereocenters. The van der Waals surface area contributed by atoms with E-state index in [1.807, 2.05) is 0 Å². The second-order valence-electron chi connectivity index (χ2n) is 33.0. The largest absolute Gasteiger partial charge is 0.508 e. The molecule has 34 N–H and O–H groups in total. The number of phenolic OH excluding ortho intramolecular Hbond substituents is 1. The van der Waals surface area contributed by atoms with Crippen molar-refractivity contribution in [2.75, 3.05) is 52.5 Å². The molecule has 0 spiro atoms. The second-order valence-corrected chi connectivity index (χ2v) is 33.0. The summed E-state index contributed by atoms with van der Waals surface area (Å²) in [6.45, 7) is 1.60. The molecule has 3 heterocycles. The number of primary amides is 2. The lowest BCUT2D eigenvalue weighted by Crippen LogP contribution is -2.62. The predicted octanol–water partition coefficient (Wildman–Crippen LogP) is -4.24. The third-order valence-electron chi connectivity index (χ3n) is 22.2. The van der Waals surface area contributed by atoms with Crippen LogP contribution in [0.5, 0.6) is 5.75 Å². The van der Waals surface area contributed by atoms with Crippen molar-refractivity contribution in [3.05, 3.63) is 150 Å². The molecule has 7 rings (SSSR count). The molecule has 0 saturated heterocycles. The van der Waals surface area contributed by atoms with E-state index in [0.29, 0.717) is 69.9 Å². The number of aliphatic hydroxyl groups is 1. The fourth-order valence-electron chi connectivity index (χ4n) is 14.9. The first-order chi connectivity index (χ1) is 65.1. The summed E-state index contributed by atoms with van der Waals surface area (Å²) in [5.41, 5.74) is 36.9. The minimum Gasteiger partial charge on any atom is -0.508 e. The van der Waals surface area contributed by atoms with E-state index >= 15 is 28.8 Å². The molecule has 0 aliphatic carbocycles. The van der Waals surface area contributed by atoms with Crippen LogP contribution < -0.4 is 119 Å². The van der Waals surface area contributed by atoms with Crippen LogP contribution in [0, 0.1) is 10.8 Å². The average molecular weight is 1890 g/mol. The minimum absolute atomic E-state index is 0.0191. The highest BCUT2D eigenvalue weighted by Crippen LogP contribution is 2.23. The number of nitrogens with two attached hydrogens (primary N) is 6. The number of carbonyl (C=O) groups is 16. The Labute approximate surface area is 785 Å². The maximum Gasteiger partial charge on any atom is 0.246 e. The summed E-state index contributed by atoms with van der Waals surface area (Å²) in [6.07, 6.45) is 3.68. The number of aromatic hydroxyl groups is 1. The third-order valence-corrected chi connectivity index (χ3v) is 22.2. The number of fused-ring (bicyclic) bond motifs is 2.